The lowest BCUT2D eigenvalue weighted by molar-refractivity contribution is 0.171. The molecule has 0 spiro atoms. The van der Waals surface area contributed by atoms with E-state index >= 15 is 0 Å². The summed E-state index contributed by atoms with van der Waals surface area (Å²) in [6, 6.07) is 10.3. The quantitative estimate of drug-likeness (QED) is 0.765. The second kappa shape index (κ2) is 6.31. The fraction of sp³-hybridized carbons (Fsp3) is 0.235. The molecule has 1 aromatic carbocycles. The molecule has 0 saturated heterocycles. The molecule has 3 heterocycles. The number of carbonyl (C=O) groups excluding carboxylic acids is 1. The van der Waals surface area contributed by atoms with Gasteiger partial charge in [-0.3, -0.25) is 4.40 Å². The minimum atomic E-state index is -0.336. The maximum Gasteiger partial charge on any atom is 0.319 e. The largest absolute Gasteiger partial charge is 0.486 e. The molecule has 0 radical (unpaired) electrons. The number of nitrogens with zero attached hydrogens (tertiary/aromatic N) is 3. The minimum Gasteiger partial charge on any atom is -0.486 e. The highest BCUT2D eigenvalue weighted by Gasteiger charge is 2.17. The highest BCUT2D eigenvalue weighted by Crippen LogP contribution is 2.32. The monoisotopic (exact) mass is 339 g/mol. The third kappa shape index (κ3) is 3.06. The zero-order valence-corrected chi connectivity index (χ0v) is 13.6. The van der Waals surface area contributed by atoms with Gasteiger partial charge in [-0.1, -0.05) is 6.07 Å². The lowest BCUT2D eigenvalue weighted by atomic mass is 10.2. The average molecular weight is 339 g/mol. The van der Waals surface area contributed by atoms with Gasteiger partial charge in [0.25, 0.3) is 0 Å². The number of rotatable bonds is 3. The lowest BCUT2D eigenvalue weighted by Gasteiger charge is -2.19. The zero-order valence-electron chi connectivity index (χ0n) is 13.6. The number of fused-ring (bicyclic) bond motifs is 2. The third-order valence-electron chi connectivity index (χ3n) is 3.88. The summed E-state index contributed by atoms with van der Waals surface area (Å²) in [6.07, 6.45) is 1.86. The fourth-order valence-electron chi connectivity index (χ4n) is 2.70. The summed E-state index contributed by atoms with van der Waals surface area (Å²) in [5, 5.41) is 13.9. The zero-order chi connectivity index (χ0) is 17.2. The van der Waals surface area contributed by atoms with Crippen molar-refractivity contribution in [2.45, 2.75) is 13.0 Å². The summed E-state index contributed by atoms with van der Waals surface area (Å²) in [6.45, 7) is 2.89. The van der Waals surface area contributed by atoms with E-state index in [-0.39, 0.29) is 12.1 Å². The van der Waals surface area contributed by atoms with Crippen LogP contribution in [0.25, 0.3) is 5.65 Å². The molecule has 8 heteroatoms. The number of ether oxygens (including phenoxy) is 2. The van der Waals surface area contributed by atoms with Crippen LogP contribution in [0.2, 0.25) is 0 Å². The summed E-state index contributed by atoms with van der Waals surface area (Å²) < 4.78 is 12.8. The number of pyridine rings is 1. The maximum absolute atomic E-state index is 12.3. The van der Waals surface area contributed by atoms with Crippen LogP contribution in [0.4, 0.5) is 10.5 Å². The van der Waals surface area contributed by atoms with E-state index in [9.17, 15) is 4.79 Å². The Balaban J connectivity index is 1.45. The molecule has 25 heavy (non-hydrogen) atoms. The van der Waals surface area contributed by atoms with Gasteiger partial charge in [0, 0.05) is 18.0 Å². The summed E-state index contributed by atoms with van der Waals surface area (Å²) in [5.41, 5.74) is 1.36. The van der Waals surface area contributed by atoms with Gasteiger partial charge in [0.15, 0.2) is 23.0 Å². The van der Waals surface area contributed by atoms with Crippen LogP contribution in [-0.4, -0.2) is 33.8 Å². The topological polar surface area (TPSA) is 89.8 Å². The molecular formula is C17H17N5O3. The normalized spacial score (nSPS) is 14.1. The van der Waals surface area contributed by atoms with Gasteiger partial charge in [-0.2, -0.15) is 0 Å². The highest BCUT2D eigenvalue weighted by molar-refractivity contribution is 5.89. The third-order valence-corrected chi connectivity index (χ3v) is 3.88. The van der Waals surface area contributed by atoms with Crippen molar-refractivity contribution in [1.82, 2.24) is 19.9 Å². The van der Waals surface area contributed by atoms with Crippen LogP contribution in [0, 0.1) is 0 Å². The number of amides is 2. The Morgan fingerprint density at radius 2 is 2.00 bits per heavy atom. The summed E-state index contributed by atoms with van der Waals surface area (Å²) in [5.74, 6) is 1.97. The van der Waals surface area contributed by atoms with Crippen LogP contribution in [0.3, 0.4) is 0 Å². The average Bonchev–Trinajstić information content (AvgIpc) is 3.05. The van der Waals surface area contributed by atoms with Crippen molar-refractivity contribution < 1.29 is 14.3 Å². The Morgan fingerprint density at radius 1 is 1.16 bits per heavy atom. The molecule has 4 rings (SSSR count). The van der Waals surface area contributed by atoms with Crippen molar-refractivity contribution in [3.8, 4) is 11.5 Å². The molecular weight excluding hydrogens is 322 g/mol. The Kier molecular flexibility index (Phi) is 3.85. The molecule has 2 amide bonds. The van der Waals surface area contributed by atoms with Gasteiger partial charge >= 0.3 is 6.03 Å². The smallest absolute Gasteiger partial charge is 0.319 e. The standard InChI is InChI=1S/C17H17N5O3/c1-11(16-21-20-15-4-2-3-7-22(15)16)18-17(23)19-12-5-6-13-14(10-12)25-9-8-24-13/h2-7,10-11H,8-9H2,1H3,(H2,18,19,23). The number of nitrogens with one attached hydrogen (secondary N) is 2. The van der Waals surface area contributed by atoms with E-state index in [4.69, 9.17) is 9.47 Å². The van der Waals surface area contributed by atoms with E-state index in [2.05, 4.69) is 20.8 Å². The number of urea groups is 1. The number of hydrogen-bond acceptors (Lipinski definition) is 5. The molecule has 1 atom stereocenters. The summed E-state index contributed by atoms with van der Waals surface area (Å²) in [7, 11) is 0. The van der Waals surface area contributed by atoms with Crippen LogP contribution in [-0.2, 0) is 0 Å². The van der Waals surface area contributed by atoms with Crippen LogP contribution < -0.4 is 20.1 Å². The van der Waals surface area contributed by atoms with E-state index in [0.29, 0.717) is 36.2 Å². The van der Waals surface area contributed by atoms with Crippen LogP contribution in [0.1, 0.15) is 18.8 Å². The second-order valence-electron chi connectivity index (χ2n) is 5.67. The molecule has 1 unspecified atom stereocenters. The first-order chi connectivity index (χ1) is 12.2. The molecule has 128 valence electrons. The Hall–Kier alpha value is -3.29. The van der Waals surface area contributed by atoms with E-state index in [1.165, 1.54) is 0 Å². The number of benzene rings is 1. The number of anilines is 1. The van der Waals surface area contributed by atoms with Crippen molar-refractivity contribution in [3.05, 3.63) is 48.4 Å². The second-order valence-corrected chi connectivity index (χ2v) is 5.67. The summed E-state index contributed by atoms with van der Waals surface area (Å²) in [4.78, 5) is 12.3. The Labute approximate surface area is 143 Å². The van der Waals surface area contributed by atoms with Crippen LogP contribution in [0.15, 0.2) is 42.6 Å². The van der Waals surface area contributed by atoms with E-state index in [1.807, 2.05) is 35.7 Å². The van der Waals surface area contributed by atoms with Crippen molar-refractivity contribution in [2.75, 3.05) is 18.5 Å². The first kappa shape index (κ1) is 15.3. The molecule has 3 aromatic rings. The van der Waals surface area contributed by atoms with Gasteiger partial charge < -0.3 is 20.1 Å². The van der Waals surface area contributed by atoms with Crippen LogP contribution in [0.5, 0.6) is 11.5 Å². The molecule has 8 nitrogen and oxygen atoms in total. The summed E-state index contributed by atoms with van der Waals surface area (Å²) >= 11 is 0. The molecule has 2 aromatic heterocycles. The van der Waals surface area contributed by atoms with Crippen molar-refractivity contribution in [3.63, 3.8) is 0 Å². The molecule has 0 bridgehead atoms. The van der Waals surface area contributed by atoms with Gasteiger partial charge in [0.2, 0.25) is 0 Å². The predicted molar refractivity (Wildman–Crippen MR) is 91.0 cm³/mol. The van der Waals surface area contributed by atoms with Crippen molar-refractivity contribution in [2.24, 2.45) is 0 Å². The number of carbonyl (C=O) groups is 1. The molecule has 0 fully saturated rings. The number of hydrogen-bond donors (Lipinski definition) is 2. The predicted octanol–water partition coefficient (Wildman–Crippen LogP) is 2.38. The SMILES string of the molecule is CC(NC(=O)Nc1ccc2c(c1)OCCO2)c1nnc2ccccn12. The van der Waals surface area contributed by atoms with Gasteiger partial charge in [-0.25, -0.2) is 4.79 Å². The number of aromatic nitrogens is 3. The first-order valence-electron chi connectivity index (χ1n) is 7.97. The van der Waals surface area contributed by atoms with E-state index in [0.717, 1.165) is 5.65 Å². The van der Waals surface area contributed by atoms with Gasteiger partial charge in [-0.15, -0.1) is 10.2 Å². The van der Waals surface area contributed by atoms with Crippen molar-refractivity contribution in [1.29, 1.82) is 0 Å². The molecule has 1 aliphatic heterocycles. The highest BCUT2D eigenvalue weighted by atomic mass is 16.6. The minimum absolute atomic E-state index is 0.311. The molecule has 0 aliphatic carbocycles. The van der Waals surface area contributed by atoms with Crippen molar-refractivity contribution >= 4 is 17.4 Å². The van der Waals surface area contributed by atoms with Gasteiger partial charge in [-0.05, 0) is 31.2 Å². The maximum atomic E-state index is 12.3. The Bertz CT molecular complexity index is 924. The molecule has 1 aliphatic rings. The molecule has 2 N–H and O–H groups in total. The Morgan fingerprint density at radius 3 is 2.88 bits per heavy atom. The first-order valence-corrected chi connectivity index (χ1v) is 7.97. The van der Waals surface area contributed by atoms with E-state index in [1.54, 1.807) is 18.2 Å². The fourth-order valence-corrected chi connectivity index (χ4v) is 2.70. The van der Waals surface area contributed by atoms with Crippen LogP contribution >= 0.6 is 0 Å². The van der Waals surface area contributed by atoms with Gasteiger partial charge in [0.05, 0.1) is 6.04 Å². The molecule has 0 saturated carbocycles. The van der Waals surface area contributed by atoms with Gasteiger partial charge in [0.1, 0.15) is 13.2 Å². The lowest BCUT2D eigenvalue weighted by Crippen LogP contribution is -2.32. The van der Waals surface area contributed by atoms with E-state index < -0.39 is 0 Å².